The van der Waals surface area contributed by atoms with Gasteiger partial charge >= 0.3 is 6.03 Å². The van der Waals surface area contributed by atoms with Gasteiger partial charge in [-0.1, -0.05) is 0 Å². The summed E-state index contributed by atoms with van der Waals surface area (Å²) in [7, 11) is 0. The van der Waals surface area contributed by atoms with Crippen molar-refractivity contribution in [2.24, 2.45) is 10.7 Å². The smallest absolute Gasteiger partial charge is 0.321 e. The average molecular weight is 273 g/mol. The number of benzene rings is 1. The molecule has 0 saturated heterocycles. The lowest BCUT2D eigenvalue weighted by atomic mass is 10.1. The third kappa shape index (κ3) is 4.98. The second kappa shape index (κ2) is 6.06. The number of nitrogens with one attached hydrogen (secondary N) is 2. The number of hydrogen-bond acceptors (Lipinski definition) is 3. The van der Waals surface area contributed by atoms with Gasteiger partial charge in [0.25, 0.3) is 0 Å². The van der Waals surface area contributed by atoms with E-state index >= 15 is 0 Å². The largest absolute Gasteiger partial charge is 0.369 e. The number of guanidine groups is 1. The van der Waals surface area contributed by atoms with Gasteiger partial charge in [0.15, 0.2) is 0 Å². The van der Waals surface area contributed by atoms with E-state index in [2.05, 4.69) is 15.6 Å². The Balaban J connectivity index is 2.80. The summed E-state index contributed by atoms with van der Waals surface area (Å²) in [5, 5.41) is 14.0. The number of amides is 2. The molecule has 0 spiro atoms. The van der Waals surface area contributed by atoms with E-state index in [9.17, 15) is 4.79 Å². The molecule has 0 heterocycles. The Morgan fingerprint density at radius 2 is 2.05 bits per heavy atom. The van der Waals surface area contributed by atoms with Gasteiger partial charge in [-0.3, -0.25) is 5.32 Å². The summed E-state index contributed by atoms with van der Waals surface area (Å²) in [5.74, 6) is -0.000410. The lowest BCUT2D eigenvalue weighted by Gasteiger charge is -2.20. The van der Waals surface area contributed by atoms with Crippen LogP contribution in [0.2, 0.25) is 0 Å². The van der Waals surface area contributed by atoms with Crippen LogP contribution in [-0.2, 0) is 0 Å². The van der Waals surface area contributed by atoms with Crippen molar-refractivity contribution in [3.63, 3.8) is 0 Å². The molecule has 1 aromatic carbocycles. The fourth-order valence-corrected chi connectivity index (χ4v) is 1.50. The lowest BCUT2D eigenvalue weighted by molar-refractivity contribution is 0.236. The fraction of sp³-hybridized carbons (Fsp3) is 0.357. The van der Waals surface area contributed by atoms with Crippen molar-refractivity contribution in [1.82, 2.24) is 10.6 Å². The highest BCUT2D eigenvalue weighted by molar-refractivity contribution is 5.96. The monoisotopic (exact) mass is 273 g/mol. The number of aryl methyl sites for hydroxylation is 1. The highest BCUT2D eigenvalue weighted by Gasteiger charge is 2.14. The van der Waals surface area contributed by atoms with Crippen molar-refractivity contribution in [2.45, 2.75) is 33.2 Å². The van der Waals surface area contributed by atoms with Gasteiger partial charge < -0.3 is 11.1 Å². The maximum atomic E-state index is 11.6. The molecule has 106 valence electrons. The molecule has 20 heavy (non-hydrogen) atoms. The molecule has 0 aromatic heterocycles. The van der Waals surface area contributed by atoms with E-state index < -0.39 is 6.03 Å². The first-order chi connectivity index (χ1) is 9.21. The predicted octanol–water partition coefficient (Wildman–Crippen LogP) is 1.91. The van der Waals surface area contributed by atoms with Crippen LogP contribution in [0.25, 0.3) is 0 Å². The Bertz CT molecular complexity index is 578. The Kier molecular flexibility index (Phi) is 4.70. The molecule has 2 amide bonds. The fourth-order valence-electron chi connectivity index (χ4n) is 1.50. The molecule has 4 N–H and O–H groups in total. The van der Waals surface area contributed by atoms with Gasteiger partial charge in [-0.25, -0.2) is 9.79 Å². The number of urea groups is 1. The Morgan fingerprint density at radius 1 is 1.40 bits per heavy atom. The second-order valence-electron chi connectivity index (χ2n) is 5.44. The molecular formula is C14H19N5O. The summed E-state index contributed by atoms with van der Waals surface area (Å²) in [6.07, 6.45) is 0. The van der Waals surface area contributed by atoms with E-state index in [-0.39, 0.29) is 11.5 Å². The van der Waals surface area contributed by atoms with Crippen molar-refractivity contribution in [3.05, 3.63) is 29.3 Å². The highest BCUT2D eigenvalue weighted by atomic mass is 16.2. The van der Waals surface area contributed by atoms with Gasteiger partial charge in [-0.15, -0.1) is 0 Å². The van der Waals surface area contributed by atoms with Gasteiger partial charge in [0, 0.05) is 5.54 Å². The lowest BCUT2D eigenvalue weighted by Crippen LogP contribution is -2.50. The van der Waals surface area contributed by atoms with Crippen LogP contribution >= 0.6 is 0 Å². The van der Waals surface area contributed by atoms with Gasteiger partial charge in [-0.05, 0) is 51.5 Å². The van der Waals surface area contributed by atoms with Gasteiger partial charge in [-0.2, -0.15) is 5.26 Å². The molecule has 0 aliphatic rings. The molecule has 1 aromatic rings. The van der Waals surface area contributed by atoms with Crippen LogP contribution in [0.3, 0.4) is 0 Å². The summed E-state index contributed by atoms with van der Waals surface area (Å²) in [6.45, 7) is 7.42. The third-order valence-electron chi connectivity index (χ3n) is 2.30. The number of aliphatic imine (C=N–C) groups is 1. The van der Waals surface area contributed by atoms with Crippen LogP contribution in [0.5, 0.6) is 0 Å². The van der Waals surface area contributed by atoms with Crippen molar-refractivity contribution >= 4 is 17.7 Å². The summed E-state index contributed by atoms with van der Waals surface area (Å²) in [4.78, 5) is 15.7. The number of nitrogens with two attached hydrogens (primary N) is 1. The topological polar surface area (TPSA) is 103 Å². The normalized spacial score (nSPS) is 11.7. The molecule has 0 fully saturated rings. The summed E-state index contributed by atoms with van der Waals surface area (Å²) in [5.41, 5.74) is 7.30. The molecule has 6 nitrogen and oxygen atoms in total. The van der Waals surface area contributed by atoms with E-state index in [0.717, 1.165) is 5.56 Å². The van der Waals surface area contributed by atoms with Crippen LogP contribution in [0, 0.1) is 18.3 Å². The van der Waals surface area contributed by atoms with Crippen LogP contribution < -0.4 is 16.4 Å². The van der Waals surface area contributed by atoms with Gasteiger partial charge in [0.2, 0.25) is 5.96 Å². The Morgan fingerprint density at radius 3 is 2.55 bits per heavy atom. The minimum atomic E-state index is -0.412. The van der Waals surface area contributed by atoms with Crippen LogP contribution in [-0.4, -0.2) is 17.5 Å². The standard InChI is InChI=1S/C14H19N5O/c1-9-7-10(8-15)5-6-11(9)17-12(16)18-13(20)19-14(2,3)4/h5-7H,1-4H3,(H4,16,17,18,19,20). The molecule has 0 unspecified atom stereocenters. The first kappa shape index (κ1) is 15.5. The van der Waals surface area contributed by atoms with Crippen LogP contribution in [0.1, 0.15) is 31.9 Å². The van der Waals surface area contributed by atoms with E-state index in [1.54, 1.807) is 18.2 Å². The van der Waals surface area contributed by atoms with Crippen LogP contribution in [0.15, 0.2) is 23.2 Å². The van der Waals surface area contributed by atoms with Crippen molar-refractivity contribution < 1.29 is 4.79 Å². The summed E-state index contributed by atoms with van der Waals surface area (Å²) >= 11 is 0. The summed E-state index contributed by atoms with van der Waals surface area (Å²) in [6, 6.07) is 6.68. The SMILES string of the molecule is Cc1cc(C#N)ccc1N=C(N)NC(=O)NC(C)(C)C. The Hall–Kier alpha value is -2.55. The maximum absolute atomic E-state index is 11.6. The van der Waals surface area contributed by atoms with Crippen LogP contribution in [0.4, 0.5) is 10.5 Å². The molecule has 0 atom stereocenters. The number of carbonyl (C=O) groups excluding carboxylic acids is 1. The quantitative estimate of drug-likeness (QED) is 0.537. The molecule has 0 bridgehead atoms. The summed E-state index contributed by atoms with van der Waals surface area (Å²) < 4.78 is 0. The van der Waals surface area contributed by atoms with E-state index in [1.807, 2.05) is 33.8 Å². The minimum absolute atomic E-state index is 0.000410. The predicted molar refractivity (Wildman–Crippen MR) is 78.6 cm³/mol. The molecule has 1 rings (SSSR count). The van der Waals surface area contributed by atoms with Crippen molar-refractivity contribution in [1.29, 1.82) is 5.26 Å². The highest BCUT2D eigenvalue weighted by Crippen LogP contribution is 2.19. The number of nitrogens with zero attached hydrogens (tertiary/aromatic N) is 2. The number of nitriles is 1. The molecule has 0 radical (unpaired) electrons. The first-order valence-corrected chi connectivity index (χ1v) is 6.15. The maximum Gasteiger partial charge on any atom is 0.321 e. The Labute approximate surface area is 118 Å². The molecular weight excluding hydrogens is 254 g/mol. The third-order valence-corrected chi connectivity index (χ3v) is 2.30. The van der Waals surface area contributed by atoms with Gasteiger partial charge in [0.05, 0.1) is 17.3 Å². The van der Waals surface area contributed by atoms with E-state index in [1.165, 1.54) is 0 Å². The van der Waals surface area contributed by atoms with E-state index in [0.29, 0.717) is 11.3 Å². The zero-order valence-corrected chi connectivity index (χ0v) is 12.1. The molecule has 0 aliphatic heterocycles. The van der Waals surface area contributed by atoms with Crippen molar-refractivity contribution in [2.75, 3.05) is 0 Å². The first-order valence-electron chi connectivity index (χ1n) is 6.15. The number of carbonyl (C=O) groups is 1. The molecule has 0 aliphatic carbocycles. The zero-order valence-electron chi connectivity index (χ0n) is 12.1. The zero-order chi connectivity index (χ0) is 15.3. The minimum Gasteiger partial charge on any atom is -0.369 e. The molecule has 0 saturated carbocycles. The number of hydrogen-bond donors (Lipinski definition) is 3. The van der Waals surface area contributed by atoms with Crippen molar-refractivity contribution in [3.8, 4) is 6.07 Å². The molecule has 6 heteroatoms. The second-order valence-corrected chi connectivity index (χ2v) is 5.44. The van der Waals surface area contributed by atoms with E-state index in [4.69, 9.17) is 11.0 Å². The van der Waals surface area contributed by atoms with Gasteiger partial charge in [0.1, 0.15) is 0 Å². The number of rotatable bonds is 1. The average Bonchev–Trinajstić information content (AvgIpc) is 2.28.